The molecule has 2 amide bonds. The summed E-state index contributed by atoms with van der Waals surface area (Å²) in [5.74, 6) is 0.486. The van der Waals surface area contributed by atoms with Gasteiger partial charge in [-0.1, -0.05) is 6.07 Å². The molecule has 4 aromatic rings. The zero-order valence-corrected chi connectivity index (χ0v) is 17.1. The fourth-order valence-electron chi connectivity index (χ4n) is 3.33. The first-order chi connectivity index (χ1) is 15.3. The van der Waals surface area contributed by atoms with Crippen LogP contribution in [0.1, 0.15) is 5.56 Å². The number of ether oxygens (including phenoxy) is 1. The molecule has 0 spiro atoms. The van der Waals surface area contributed by atoms with Crippen molar-refractivity contribution in [1.82, 2.24) is 14.8 Å². The summed E-state index contributed by atoms with van der Waals surface area (Å²) in [7, 11) is 3.32. The fourth-order valence-corrected chi connectivity index (χ4v) is 3.33. The second-order valence-corrected chi connectivity index (χ2v) is 6.96. The standard InChI is InChI=1S/C22H18F3N5O2/c1-30-19-12-26-10-17(18(19)11-27-30)16-7-6-15(9-20(16)32-2)29-21(31)28-14-5-3-4-13(8-14)22(23,24)25/h3-12H,1-2H3,(H2,28,29,31). The number of benzene rings is 2. The van der Waals surface area contributed by atoms with Gasteiger partial charge in [0.1, 0.15) is 5.75 Å². The van der Waals surface area contributed by atoms with Gasteiger partial charge in [-0.3, -0.25) is 9.67 Å². The number of hydrogen-bond acceptors (Lipinski definition) is 4. The third kappa shape index (κ3) is 4.20. The number of nitrogens with one attached hydrogen (secondary N) is 2. The van der Waals surface area contributed by atoms with Gasteiger partial charge in [0.15, 0.2) is 0 Å². The smallest absolute Gasteiger partial charge is 0.416 e. The Morgan fingerprint density at radius 1 is 1.00 bits per heavy atom. The summed E-state index contributed by atoms with van der Waals surface area (Å²) in [6.07, 6.45) is 0.658. The highest BCUT2D eigenvalue weighted by atomic mass is 19.4. The van der Waals surface area contributed by atoms with Crippen LogP contribution in [-0.4, -0.2) is 27.9 Å². The van der Waals surface area contributed by atoms with Crippen molar-refractivity contribution in [3.63, 3.8) is 0 Å². The van der Waals surface area contributed by atoms with Gasteiger partial charge < -0.3 is 15.4 Å². The number of aryl methyl sites for hydroxylation is 1. The molecule has 2 aromatic heterocycles. The van der Waals surface area contributed by atoms with Gasteiger partial charge in [-0.15, -0.1) is 0 Å². The summed E-state index contributed by atoms with van der Waals surface area (Å²) >= 11 is 0. The van der Waals surface area contributed by atoms with E-state index in [2.05, 4.69) is 20.7 Å². The molecular weight excluding hydrogens is 423 g/mol. The summed E-state index contributed by atoms with van der Waals surface area (Å²) in [4.78, 5) is 16.6. The van der Waals surface area contributed by atoms with E-state index in [1.807, 2.05) is 7.05 Å². The Kier molecular flexibility index (Phi) is 5.43. The average Bonchev–Trinajstić information content (AvgIpc) is 3.14. The number of carbonyl (C=O) groups excluding carboxylic acids is 1. The lowest BCUT2D eigenvalue weighted by Crippen LogP contribution is -2.19. The Labute approximate surface area is 180 Å². The predicted molar refractivity (Wildman–Crippen MR) is 115 cm³/mol. The minimum absolute atomic E-state index is 0.0234. The number of pyridine rings is 1. The van der Waals surface area contributed by atoms with E-state index in [9.17, 15) is 18.0 Å². The zero-order valence-electron chi connectivity index (χ0n) is 17.1. The topological polar surface area (TPSA) is 81.1 Å². The Bertz CT molecular complexity index is 1300. The molecule has 0 aliphatic rings. The molecule has 2 heterocycles. The number of aromatic nitrogens is 3. The molecule has 0 aliphatic carbocycles. The van der Waals surface area contributed by atoms with Crippen molar-refractivity contribution < 1.29 is 22.7 Å². The molecule has 2 aromatic carbocycles. The number of hydrogen-bond donors (Lipinski definition) is 2. The molecule has 10 heteroatoms. The maximum absolute atomic E-state index is 12.9. The highest BCUT2D eigenvalue weighted by Crippen LogP contribution is 2.36. The van der Waals surface area contributed by atoms with E-state index in [-0.39, 0.29) is 5.69 Å². The largest absolute Gasteiger partial charge is 0.496 e. The quantitative estimate of drug-likeness (QED) is 0.450. The van der Waals surface area contributed by atoms with Gasteiger partial charge in [0.25, 0.3) is 0 Å². The number of anilines is 2. The molecule has 0 aliphatic heterocycles. The Morgan fingerprint density at radius 3 is 2.47 bits per heavy atom. The first-order valence-corrected chi connectivity index (χ1v) is 9.45. The van der Waals surface area contributed by atoms with E-state index >= 15 is 0 Å². The number of rotatable bonds is 4. The van der Waals surface area contributed by atoms with Crippen molar-refractivity contribution in [3.8, 4) is 16.9 Å². The lowest BCUT2D eigenvalue weighted by molar-refractivity contribution is -0.137. The molecule has 0 unspecified atom stereocenters. The number of nitrogens with zero attached hydrogens (tertiary/aromatic N) is 3. The second-order valence-electron chi connectivity index (χ2n) is 6.96. The van der Waals surface area contributed by atoms with Crippen molar-refractivity contribution in [3.05, 3.63) is 66.6 Å². The molecule has 164 valence electrons. The Balaban J connectivity index is 1.56. The van der Waals surface area contributed by atoms with E-state index in [1.165, 1.54) is 19.2 Å². The third-order valence-corrected chi connectivity index (χ3v) is 4.87. The molecular formula is C22H18F3N5O2. The van der Waals surface area contributed by atoms with Crippen LogP contribution in [0.3, 0.4) is 0 Å². The molecule has 7 nitrogen and oxygen atoms in total. The van der Waals surface area contributed by atoms with E-state index < -0.39 is 17.8 Å². The van der Waals surface area contributed by atoms with E-state index in [1.54, 1.807) is 41.5 Å². The molecule has 0 saturated carbocycles. The summed E-state index contributed by atoms with van der Waals surface area (Å²) in [5, 5.41) is 10.1. The van der Waals surface area contributed by atoms with Gasteiger partial charge in [0.2, 0.25) is 0 Å². The molecule has 0 saturated heterocycles. The van der Waals surface area contributed by atoms with Crippen LogP contribution in [-0.2, 0) is 13.2 Å². The van der Waals surface area contributed by atoms with Crippen LogP contribution in [0.25, 0.3) is 22.0 Å². The first kappa shape index (κ1) is 21.2. The van der Waals surface area contributed by atoms with Crippen LogP contribution in [0.2, 0.25) is 0 Å². The van der Waals surface area contributed by atoms with Gasteiger partial charge in [-0.2, -0.15) is 18.3 Å². The number of halogens is 3. The van der Waals surface area contributed by atoms with Crippen LogP contribution >= 0.6 is 0 Å². The molecule has 32 heavy (non-hydrogen) atoms. The highest BCUT2D eigenvalue weighted by Gasteiger charge is 2.30. The number of fused-ring (bicyclic) bond motifs is 1. The highest BCUT2D eigenvalue weighted by molar-refractivity contribution is 6.01. The second kappa shape index (κ2) is 8.22. The lowest BCUT2D eigenvalue weighted by atomic mass is 10.0. The first-order valence-electron chi connectivity index (χ1n) is 9.45. The zero-order chi connectivity index (χ0) is 22.9. The Hall–Kier alpha value is -4.08. The van der Waals surface area contributed by atoms with Gasteiger partial charge in [-0.25, -0.2) is 4.79 Å². The normalized spacial score (nSPS) is 11.4. The number of amides is 2. The van der Waals surface area contributed by atoms with Crippen molar-refractivity contribution >= 4 is 28.3 Å². The number of urea groups is 1. The van der Waals surface area contributed by atoms with Crippen LogP contribution in [0.15, 0.2) is 61.1 Å². The molecule has 4 rings (SSSR count). The Morgan fingerprint density at radius 2 is 1.75 bits per heavy atom. The van der Waals surface area contributed by atoms with Crippen LogP contribution in [0.4, 0.5) is 29.3 Å². The van der Waals surface area contributed by atoms with Crippen molar-refractivity contribution in [2.75, 3.05) is 17.7 Å². The third-order valence-electron chi connectivity index (χ3n) is 4.87. The molecule has 0 atom stereocenters. The van der Waals surface area contributed by atoms with Gasteiger partial charge >= 0.3 is 12.2 Å². The number of alkyl halides is 3. The van der Waals surface area contributed by atoms with Crippen LogP contribution < -0.4 is 15.4 Å². The van der Waals surface area contributed by atoms with E-state index in [0.29, 0.717) is 11.4 Å². The van der Waals surface area contributed by atoms with Crippen LogP contribution in [0, 0.1) is 0 Å². The van der Waals surface area contributed by atoms with Gasteiger partial charge in [0.05, 0.1) is 30.6 Å². The van der Waals surface area contributed by atoms with E-state index in [0.717, 1.165) is 34.2 Å². The maximum atomic E-state index is 12.9. The minimum atomic E-state index is -4.50. The fraction of sp³-hybridized carbons (Fsp3) is 0.136. The van der Waals surface area contributed by atoms with Gasteiger partial charge in [0, 0.05) is 47.2 Å². The maximum Gasteiger partial charge on any atom is 0.416 e. The molecule has 0 bridgehead atoms. The van der Waals surface area contributed by atoms with E-state index in [4.69, 9.17) is 4.74 Å². The van der Waals surface area contributed by atoms with Crippen molar-refractivity contribution in [2.24, 2.45) is 7.05 Å². The number of methoxy groups -OCH3 is 1. The number of carbonyl (C=O) groups is 1. The minimum Gasteiger partial charge on any atom is -0.496 e. The van der Waals surface area contributed by atoms with Crippen LogP contribution in [0.5, 0.6) is 5.75 Å². The summed E-state index contributed by atoms with van der Waals surface area (Å²) < 4.78 is 45.8. The summed E-state index contributed by atoms with van der Waals surface area (Å²) in [6.45, 7) is 0. The van der Waals surface area contributed by atoms with Gasteiger partial charge in [-0.05, 0) is 30.3 Å². The SMILES string of the molecule is COc1cc(NC(=O)Nc2cccc(C(F)(F)F)c2)ccc1-c1cncc2c1cnn2C. The predicted octanol–water partition coefficient (Wildman–Crippen LogP) is 5.31. The van der Waals surface area contributed by atoms with Crippen molar-refractivity contribution in [2.45, 2.75) is 6.18 Å². The summed E-state index contributed by atoms with van der Waals surface area (Å²) in [5.41, 5.74) is 2.00. The lowest BCUT2D eigenvalue weighted by Gasteiger charge is -2.13. The average molecular weight is 441 g/mol. The molecule has 2 N–H and O–H groups in total. The molecule has 0 radical (unpaired) electrons. The summed E-state index contributed by atoms with van der Waals surface area (Å²) in [6, 6.07) is 8.77. The monoisotopic (exact) mass is 441 g/mol. The molecule has 0 fully saturated rings. The van der Waals surface area contributed by atoms with Crippen molar-refractivity contribution in [1.29, 1.82) is 0 Å².